The Morgan fingerprint density at radius 3 is 1.05 bits per heavy atom. The number of Topliss-reactive ketones (excluding diaryl/α,β-unsaturated/α-hetero) is 1. The molecule has 16 nitrogen and oxygen atoms in total. The maximum Gasteiger partial charge on any atom is 0.527 e. The van der Waals surface area contributed by atoms with E-state index in [0.717, 1.165) is 12.5 Å². The van der Waals surface area contributed by atoms with Crippen molar-refractivity contribution >= 4 is 29.4 Å². The number of nitrogens with two attached hydrogens (primary N) is 1. The Balaban J connectivity index is -0.000000938. The number of methoxy groups -OCH3 is 1. The fourth-order valence-electron chi connectivity index (χ4n) is 3.42. The number of carbonyl (C=O) groups is 2. The van der Waals surface area contributed by atoms with Gasteiger partial charge in [0.2, 0.25) is 0 Å². The molecule has 0 rings (SSSR count). The molecular formula is C26H41F18NO15Si2. The molecule has 0 aromatic rings. The standard InChI is InChI=1S/C13H19F9O7Si.C7H5F9O5.C6H17NO3Si/c1-24-30(25-2,26-3)7-5-4-6-9(23)8-27-13(21,22)29-11(16,17)10(14,15)28-12(18,19)20;1-18-3(17)2-19-7(15,16)21-5(10,11)4(8,9)20-6(12,13)14;1-8-11(9-2,10-3)6-4-5-7/h4-8H2,1-3H3;2H2,1H3;4-7H2,1-3H3. The van der Waals surface area contributed by atoms with Crippen LogP contribution in [-0.2, 0) is 69.3 Å². The molecule has 0 aliphatic carbocycles. The Morgan fingerprint density at radius 1 is 0.452 bits per heavy atom. The van der Waals surface area contributed by atoms with E-state index in [9.17, 15) is 88.6 Å². The molecule has 62 heavy (non-hydrogen) atoms. The summed E-state index contributed by atoms with van der Waals surface area (Å²) < 4.78 is 271. The van der Waals surface area contributed by atoms with Gasteiger partial charge >= 0.3 is 73.3 Å². The highest BCUT2D eigenvalue weighted by atomic mass is 28.4. The first kappa shape index (κ1) is 64.1. The first-order valence-electron chi connectivity index (χ1n) is 15.9. The van der Waals surface area contributed by atoms with Gasteiger partial charge in [0.05, 0.1) is 7.11 Å². The van der Waals surface area contributed by atoms with Gasteiger partial charge < -0.3 is 37.0 Å². The monoisotopic (exact) mass is 1010 g/mol. The van der Waals surface area contributed by atoms with Gasteiger partial charge in [-0.2, -0.15) is 35.1 Å². The lowest BCUT2D eigenvalue weighted by Crippen LogP contribution is -2.51. The van der Waals surface area contributed by atoms with Gasteiger partial charge in [-0.1, -0.05) is 0 Å². The molecule has 0 heterocycles. The largest absolute Gasteiger partial charge is 0.527 e. The molecule has 36 heteroatoms. The fraction of sp³-hybridized carbons (Fsp3) is 0.923. The van der Waals surface area contributed by atoms with Crippen LogP contribution in [0.25, 0.3) is 0 Å². The van der Waals surface area contributed by atoms with Gasteiger partial charge in [0, 0.05) is 61.2 Å². The van der Waals surface area contributed by atoms with Crippen molar-refractivity contribution in [3.63, 3.8) is 0 Å². The van der Waals surface area contributed by atoms with Crippen molar-refractivity contribution in [1.29, 1.82) is 0 Å². The van der Waals surface area contributed by atoms with Crippen LogP contribution in [0.5, 0.6) is 0 Å². The van der Waals surface area contributed by atoms with Crippen molar-refractivity contribution in [3.8, 4) is 0 Å². The summed E-state index contributed by atoms with van der Waals surface area (Å²) in [5, 5.41) is 0. The second-order valence-corrected chi connectivity index (χ2v) is 16.9. The van der Waals surface area contributed by atoms with Crippen molar-refractivity contribution in [2.24, 2.45) is 5.73 Å². The van der Waals surface area contributed by atoms with E-state index < -0.39 is 92.3 Å². The molecule has 2 N–H and O–H groups in total. The Bertz CT molecular complexity index is 1260. The SMILES string of the molecule is COC(=O)COC(F)(F)OC(F)(F)C(F)(F)OC(F)(F)F.CO[Si](CCCCC(=O)COC(F)(F)OC(F)(F)C(F)(F)OC(F)(F)F)(OC)OC.CO[Si](CCCN)(OC)OC. The van der Waals surface area contributed by atoms with E-state index in [-0.39, 0.29) is 25.3 Å². The summed E-state index contributed by atoms with van der Waals surface area (Å²) in [4.78, 5) is 21.8. The second kappa shape index (κ2) is 26.7. The number of hydrogen-bond donors (Lipinski definition) is 1. The minimum Gasteiger partial charge on any atom is -0.467 e. The van der Waals surface area contributed by atoms with Gasteiger partial charge in [0.1, 0.15) is 6.61 Å². The number of unbranched alkanes of at least 4 members (excludes halogenated alkanes) is 1. The molecule has 0 aliphatic rings. The normalized spacial score (nSPS) is 13.8. The maximum absolute atomic E-state index is 13.1. The van der Waals surface area contributed by atoms with Crippen LogP contribution in [0.15, 0.2) is 0 Å². The molecule has 0 aliphatic heterocycles. The molecule has 0 saturated heterocycles. The number of carbonyl (C=O) groups excluding carboxylic acids is 2. The fourth-order valence-corrected chi connectivity index (χ4v) is 6.96. The molecule has 0 unspecified atom stereocenters. The molecule has 374 valence electrons. The van der Waals surface area contributed by atoms with E-state index in [1.165, 1.54) is 21.3 Å². The highest BCUT2D eigenvalue weighted by molar-refractivity contribution is 6.60. The molecule has 0 aromatic carbocycles. The van der Waals surface area contributed by atoms with Gasteiger partial charge in [-0.15, -0.1) is 43.9 Å². The topological polar surface area (TPSA) is 180 Å². The zero-order chi connectivity index (χ0) is 49.7. The third kappa shape index (κ3) is 25.9. The predicted molar refractivity (Wildman–Crippen MR) is 166 cm³/mol. The highest BCUT2D eigenvalue weighted by Gasteiger charge is 2.69. The first-order valence-corrected chi connectivity index (χ1v) is 19.8. The van der Waals surface area contributed by atoms with Gasteiger partial charge in [0.15, 0.2) is 12.4 Å². The quantitative estimate of drug-likeness (QED) is 0.0292. The number of hydrogen-bond acceptors (Lipinski definition) is 16. The van der Waals surface area contributed by atoms with E-state index >= 15 is 0 Å². The molecule has 0 spiro atoms. The van der Waals surface area contributed by atoms with Crippen LogP contribution in [0.2, 0.25) is 12.1 Å². The molecule has 0 saturated carbocycles. The number of rotatable bonds is 28. The summed E-state index contributed by atoms with van der Waals surface area (Å²) in [5.41, 5.74) is 5.36. The summed E-state index contributed by atoms with van der Waals surface area (Å²) >= 11 is 0. The Labute approximate surface area is 340 Å². The Morgan fingerprint density at radius 2 is 0.758 bits per heavy atom. The van der Waals surface area contributed by atoms with Crippen LogP contribution in [0.1, 0.15) is 25.7 Å². The van der Waals surface area contributed by atoms with E-state index in [1.807, 2.05) is 0 Å². The zero-order valence-corrected chi connectivity index (χ0v) is 34.9. The number of ketones is 1. The Kier molecular flexibility index (Phi) is 27.6. The van der Waals surface area contributed by atoms with Crippen LogP contribution >= 0.6 is 0 Å². The van der Waals surface area contributed by atoms with Crippen molar-refractivity contribution in [2.75, 3.05) is 69.5 Å². The van der Waals surface area contributed by atoms with E-state index in [2.05, 4.69) is 23.7 Å². The minimum atomic E-state index is -6.50. The summed E-state index contributed by atoms with van der Waals surface area (Å²) in [6.45, 7) is -2.60. The van der Waals surface area contributed by atoms with Gasteiger partial charge in [-0.05, 0) is 25.8 Å². The molecule has 0 atom stereocenters. The van der Waals surface area contributed by atoms with Gasteiger partial charge in [-0.25, -0.2) is 23.7 Å². The van der Waals surface area contributed by atoms with Crippen LogP contribution in [0.4, 0.5) is 79.0 Å². The van der Waals surface area contributed by atoms with Crippen molar-refractivity contribution in [3.05, 3.63) is 0 Å². The number of esters is 1. The molecule has 0 radical (unpaired) electrons. The molecule has 0 aromatic heterocycles. The minimum absolute atomic E-state index is 0.0904. The van der Waals surface area contributed by atoms with Crippen molar-refractivity contribution in [1.82, 2.24) is 0 Å². The third-order valence-corrected chi connectivity index (χ3v) is 12.1. The summed E-state index contributed by atoms with van der Waals surface area (Å²) in [6, 6.07) is 1.04. The average molecular weight is 1010 g/mol. The van der Waals surface area contributed by atoms with Crippen LogP contribution in [-0.4, -0.2) is 149 Å². The molecule has 0 bridgehead atoms. The van der Waals surface area contributed by atoms with E-state index in [1.54, 1.807) is 30.8 Å². The Hall–Kier alpha value is -2.21. The summed E-state index contributed by atoms with van der Waals surface area (Å²) in [7, 11) is 4.26. The summed E-state index contributed by atoms with van der Waals surface area (Å²) in [6.07, 6.45) is -48.6. The maximum atomic E-state index is 13.1. The van der Waals surface area contributed by atoms with E-state index in [4.69, 9.17) is 32.3 Å². The van der Waals surface area contributed by atoms with Crippen LogP contribution < -0.4 is 5.73 Å². The second-order valence-electron chi connectivity index (χ2n) is 10.7. The van der Waals surface area contributed by atoms with Gasteiger partial charge in [0.25, 0.3) is 0 Å². The molecular weight excluding hydrogens is 964 g/mol. The molecule has 0 amide bonds. The number of alkyl halides is 18. The number of ether oxygens (including phenoxy) is 7. The smallest absolute Gasteiger partial charge is 0.467 e. The lowest BCUT2D eigenvalue weighted by molar-refractivity contribution is -0.554. The lowest BCUT2D eigenvalue weighted by Gasteiger charge is -2.28. The lowest BCUT2D eigenvalue weighted by atomic mass is 10.2. The van der Waals surface area contributed by atoms with Gasteiger partial charge in [-0.3, -0.25) is 14.3 Å². The zero-order valence-electron chi connectivity index (χ0n) is 32.9. The summed E-state index contributed by atoms with van der Waals surface area (Å²) in [5.74, 6) is -2.58. The van der Waals surface area contributed by atoms with Crippen LogP contribution in [0.3, 0.4) is 0 Å². The van der Waals surface area contributed by atoms with Crippen molar-refractivity contribution < 1.29 is 148 Å². The average Bonchev–Trinajstić information content (AvgIpc) is 3.12. The van der Waals surface area contributed by atoms with Crippen LogP contribution in [0, 0.1) is 0 Å². The third-order valence-electron chi connectivity index (χ3n) is 6.39. The predicted octanol–water partition coefficient (Wildman–Crippen LogP) is 6.59. The first-order chi connectivity index (χ1) is 27.8. The van der Waals surface area contributed by atoms with Crippen molar-refractivity contribution in [2.45, 2.75) is 87.5 Å². The van der Waals surface area contributed by atoms with E-state index in [0.29, 0.717) is 13.7 Å². The highest BCUT2D eigenvalue weighted by Crippen LogP contribution is 2.45. The number of halogens is 18. The molecule has 0 fully saturated rings.